The summed E-state index contributed by atoms with van der Waals surface area (Å²) in [6, 6.07) is -1.14. The lowest BCUT2D eigenvalue weighted by Gasteiger charge is -2.38. The average Bonchev–Trinajstić information content (AvgIpc) is 2.99. The van der Waals surface area contributed by atoms with Gasteiger partial charge in [-0.15, -0.1) is 23.5 Å². The van der Waals surface area contributed by atoms with E-state index in [1.165, 1.54) is 0 Å². The van der Waals surface area contributed by atoms with Gasteiger partial charge in [0.25, 0.3) is 5.72 Å². The highest BCUT2D eigenvalue weighted by Crippen LogP contribution is 2.33. The minimum Gasteiger partial charge on any atom is -0.480 e. The van der Waals surface area contributed by atoms with Crippen LogP contribution in [0.2, 0.25) is 0 Å². The minimum absolute atomic E-state index is 0.0195. The molecule has 13 heteroatoms. The molecular weight excluding hydrogens is 402 g/mol. The Morgan fingerprint density at radius 1 is 1.52 bits per heavy atom. The average molecular weight is 421 g/mol. The quantitative estimate of drug-likeness (QED) is 0.208. The van der Waals surface area contributed by atoms with E-state index in [-0.39, 0.29) is 23.8 Å². The number of hydrogen-bond acceptors (Lipinski definition) is 10. The Hall–Kier alpha value is -1.96. The Kier molecular flexibility index (Phi) is 6.97. The fourth-order valence-corrected chi connectivity index (χ4v) is 4.42. The molecule has 0 aliphatic carbocycles. The van der Waals surface area contributed by atoms with Gasteiger partial charge in [-0.1, -0.05) is 0 Å². The van der Waals surface area contributed by atoms with Crippen molar-refractivity contribution in [2.24, 2.45) is 5.73 Å². The van der Waals surface area contributed by atoms with Gasteiger partial charge in [0.15, 0.2) is 0 Å². The lowest BCUT2D eigenvalue weighted by Crippen LogP contribution is -2.67. The second kappa shape index (κ2) is 8.82. The van der Waals surface area contributed by atoms with Gasteiger partial charge in [-0.2, -0.15) is 0 Å². The van der Waals surface area contributed by atoms with Crippen molar-refractivity contribution in [3.05, 3.63) is 11.3 Å². The maximum Gasteiger partial charge on any atom is 0.360 e. The predicted molar refractivity (Wildman–Crippen MR) is 95.8 cm³/mol. The summed E-state index contributed by atoms with van der Waals surface area (Å²) in [5.41, 5.74) is 4.10. The Morgan fingerprint density at radius 3 is 2.81 bits per heavy atom. The predicted octanol–water partition coefficient (Wildman–Crippen LogP) is -1.85. The second-order valence-corrected chi connectivity index (χ2v) is 7.77. The molecule has 11 nitrogen and oxygen atoms in total. The number of carbonyl (C=O) groups excluding carboxylic acids is 2. The van der Waals surface area contributed by atoms with Crippen molar-refractivity contribution < 1.29 is 38.9 Å². The molecule has 0 saturated heterocycles. The molecule has 0 fully saturated rings. The summed E-state index contributed by atoms with van der Waals surface area (Å²) >= 11 is 2.10. The molecular formula is C14H19N3O8S2. The van der Waals surface area contributed by atoms with E-state index in [1.54, 1.807) is 0 Å². The monoisotopic (exact) mass is 421 g/mol. The fourth-order valence-electron chi connectivity index (χ4n) is 2.36. The number of hydrogen-bond donors (Lipinski definition) is 5. The fraction of sp³-hybridized carbons (Fsp3) is 0.571. The van der Waals surface area contributed by atoms with Crippen molar-refractivity contribution in [1.29, 1.82) is 0 Å². The van der Waals surface area contributed by atoms with Crippen molar-refractivity contribution in [2.75, 3.05) is 31.0 Å². The zero-order valence-corrected chi connectivity index (χ0v) is 15.9. The largest absolute Gasteiger partial charge is 0.480 e. The molecule has 0 aromatic carbocycles. The third kappa shape index (κ3) is 4.66. The first-order chi connectivity index (χ1) is 12.7. The summed E-state index contributed by atoms with van der Waals surface area (Å²) in [4.78, 5) is 46.5. The Labute approximate surface area is 162 Å². The van der Waals surface area contributed by atoms with Gasteiger partial charge in [0.05, 0.1) is 5.75 Å². The Balaban J connectivity index is 2.06. The molecule has 2 heterocycles. The van der Waals surface area contributed by atoms with Gasteiger partial charge in [0, 0.05) is 24.2 Å². The van der Waals surface area contributed by atoms with E-state index in [1.807, 2.05) is 0 Å². The highest BCUT2D eigenvalue weighted by Gasteiger charge is 2.51. The van der Waals surface area contributed by atoms with Crippen molar-refractivity contribution >= 4 is 47.3 Å². The van der Waals surface area contributed by atoms with Gasteiger partial charge in [-0.05, 0) is 0 Å². The molecule has 2 aliphatic rings. The third-order valence-electron chi connectivity index (χ3n) is 3.82. The van der Waals surface area contributed by atoms with Crippen LogP contribution in [0, 0.1) is 0 Å². The number of methoxy groups -OCH3 is 1. The molecule has 0 saturated carbocycles. The molecule has 1 amide bonds. The highest BCUT2D eigenvalue weighted by molar-refractivity contribution is 8.00. The van der Waals surface area contributed by atoms with E-state index in [2.05, 4.69) is 10.6 Å². The van der Waals surface area contributed by atoms with E-state index in [0.717, 1.165) is 30.6 Å². The summed E-state index contributed by atoms with van der Waals surface area (Å²) in [5, 5.41) is 22.5. The van der Waals surface area contributed by atoms with Crippen LogP contribution in [0.15, 0.2) is 11.3 Å². The number of carbonyl (C=O) groups is 4. The number of rotatable bonds is 9. The summed E-state index contributed by atoms with van der Waals surface area (Å²) < 4.78 is 10.0. The minimum atomic E-state index is -2.14. The van der Waals surface area contributed by atoms with E-state index in [4.69, 9.17) is 20.3 Å². The zero-order chi connectivity index (χ0) is 20.2. The number of aliphatic carboxylic acids is 2. The van der Waals surface area contributed by atoms with Crippen LogP contribution in [0.25, 0.3) is 0 Å². The third-order valence-corrected chi connectivity index (χ3v) is 6.18. The SMILES string of the molecule is COC(NC(=O)CSC[C@@H](N)C(=O)O)(C(=O)O)C1NC2=C(COC2=O)CS1. The topological polar surface area (TPSA) is 177 Å². The van der Waals surface area contributed by atoms with E-state index in [9.17, 15) is 24.3 Å². The van der Waals surface area contributed by atoms with Crippen LogP contribution >= 0.6 is 23.5 Å². The number of esters is 1. The number of nitrogens with one attached hydrogen (secondary N) is 2. The molecule has 0 bridgehead atoms. The molecule has 0 spiro atoms. The smallest absolute Gasteiger partial charge is 0.360 e. The summed E-state index contributed by atoms with van der Waals surface area (Å²) in [6.45, 7) is 0.140. The lowest BCUT2D eigenvalue weighted by molar-refractivity contribution is -0.170. The molecule has 6 N–H and O–H groups in total. The lowest BCUT2D eigenvalue weighted by atomic mass is 10.1. The molecule has 0 radical (unpaired) electrons. The number of nitrogens with two attached hydrogens (primary N) is 1. The summed E-state index contributed by atoms with van der Waals surface area (Å²) in [6.07, 6.45) is 0. The molecule has 150 valence electrons. The van der Waals surface area contributed by atoms with Crippen LogP contribution in [0.3, 0.4) is 0 Å². The normalized spacial score (nSPS) is 22.1. The second-order valence-electron chi connectivity index (χ2n) is 5.64. The number of ether oxygens (including phenoxy) is 2. The molecule has 0 aromatic rings. The van der Waals surface area contributed by atoms with E-state index < -0.39 is 41.0 Å². The zero-order valence-electron chi connectivity index (χ0n) is 14.2. The Morgan fingerprint density at radius 2 is 2.22 bits per heavy atom. The van der Waals surface area contributed by atoms with Crippen LogP contribution < -0.4 is 16.4 Å². The van der Waals surface area contributed by atoms with Crippen molar-refractivity contribution in [3.8, 4) is 0 Å². The van der Waals surface area contributed by atoms with Crippen molar-refractivity contribution in [1.82, 2.24) is 10.6 Å². The van der Waals surface area contributed by atoms with Gasteiger partial charge in [-0.25, -0.2) is 9.59 Å². The van der Waals surface area contributed by atoms with Crippen LogP contribution in [-0.4, -0.2) is 82.1 Å². The molecule has 2 rings (SSSR count). The first-order valence-corrected chi connectivity index (χ1v) is 9.84. The molecule has 2 aliphatic heterocycles. The van der Waals surface area contributed by atoms with Crippen LogP contribution in [0.1, 0.15) is 0 Å². The van der Waals surface area contributed by atoms with Gasteiger partial charge < -0.3 is 36.1 Å². The standard InChI is InChI=1S/C14H19N3O8S2/c1-24-14(13(22)23,17-8(18)5-26-4-7(15)10(19)20)12-16-9-6(3-27-12)2-25-11(9)21/h7,12,16H,2-5,15H2,1H3,(H,17,18)(H,19,20)(H,22,23)/t7-,12?,14?/m1/s1. The van der Waals surface area contributed by atoms with Crippen LogP contribution in [-0.2, 0) is 28.7 Å². The number of amides is 1. The molecule has 27 heavy (non-hydrogen) atoms. The number of cyclic esters (lactones) is 1. The first-order valence-electron chi connectivity index (χ1n) is 7.64. The highest BCUT2D eigenvalue weighted by atomic mass is 32.2. The summed E-state index contributed by atoms with van der Waals surface area (Å²) in [5.74, 6) is -3.81. The van der Waals surface area contributed by atoms with Gasteiger partial charge in [-0.3, -0.25) is 9.59 Å². The first kappa shape index (κ1) is 21.3. The van der Waals surface area contributed by atoms with Gasteiger partial charge in [0.2, 0.25) is 5.91 Å². The number of carboxylic acid groups (broad SMARTS) is 2. The molecule has 3 atom stereocenters. The number of thioether (sulfide) groups is 2. The van der Waals surface area contributed by atoms with Gasteiger partial charge in [0.1, 0.15) is 23.7 Å². The van der Waals surface area contributed by atoms with Crippen molar-refractivity contribution in [3.63, 3.8) is 0 Å². The maximum atomic E-state index is 12.2. The maximum absolute atomic E-state index is 12.2. The van der Waals surface area contributed by atoms with Crippen LogP contribution in [0.4, 0.5) is 0 Å². The van der Waals surface area contributed by atoms with Crippen LogP contribution in [0.5, 0.6) is 0 Å². The Bertz CT molecular complexity index is 685. The molecule has 2 unspecified atom stereocenters. The van der Waals surface area contributed by atoms with Gasteiger partial charge >= 0.3 is 17.9 Å². The number of carboxylic acids is 2. The summed E-state index contributed by atoms with van der Waals surface area (Å²) in [7, 11) is 1.13. The van der Waals surface area contributed by atoms with E-state index >= 15 is 0 Å². The molecule has 0 aromatic heterocycles. The van der Waals surface area contributed by atoms with E-state index in [0.29, 0.717) is 11.3 Å². The van der Waals surface area contributed by atoms with Crippen molar-refractivity contribution in [2.45, 2.75) is 17.1 Å².